The summed E-state index contributed by atoms with van der Waals surface area (Å²) in [6.45, 7) is 3.93. The molecule has 2 amide bonds. The minimum Gasteiger partial charge on any atom is -0.337 e. The Kier molecular flexibility index (Phi) is 5.11. The Balaban J connectivity index is 1.43. The summed E-state index contributed by atoms with van der Waals surface area (Å²) >= 11 is 1.55. The smallest absolute Gasteiger partial charge is 0.317 e. The third-order valence-corrected chi connectivity index (χ3v) is 4.61. The van der Waals surface area contributed by atoms with E-state index in [1.807, 2.05) is 11.8 Å². The lowest BCUT2D eigenvalue weighted by Crippen LogP contribution is -2.45. The van der Waals surface area contributed by atoms with Crippen molar-refractivity contribution >= 4 is 17.8 Å². The minimum atomic E-state index is -0.0253. The molecule has 0 bridgehead atoms. The monoisotopic (exact) mass is 336 g/mol. The predicted molar refractivity (Wildman–Crippen MR) is 85.2 cm³/mol. The van der Waals surface area contributed by atoms with Crippen LogP contribution in [0.2, 0.25) is 0 Å². The molecule has 2 aromatic heterocycles. The van der Waals surface area contributed by atoms with Crippen molar-refractivity contribution in [1.29, 1.82) is 0 Å². The second kappa shape index (κ2) is 7.44. The number of carbonyl (C=O) groups is 1. The molecule has 2 aromatic rings. The first-order valence-corrected chi connectivity index (χ1v) is 8.61. The third-order valence-electron chi connectivity index (χ3n) is 3.71. The number of carbonyl (C=O) groups excluding carboxylic acids is 1. The fraction of sp³-hybridized carbons (Fsp3) is 0.615. The lowest BCUT2D eigenvalue weighted by Gasteiger charge is -2.31. The van der Waals surface area contributed by atoms with Gasteiger partial charge < -0.3 is 10.2 Å². The van der Waals surface area contributed by atoms with Crippen molar-refractivity contribution in [3.8, 4) is 0 Å². The zero-order valence-electron chi connectivity index (χ0n) is 12.9. The van der Waals surface area contributed by atoms with Crippen molar-refractivity contribution in [2.45, 2.75) is 30.7 Å². The molecular weight excluding hydrogens is 316 g/mol. The molecule has 10 heteroatoms. The van der Waals surface area contributed by atoms with E-state index in [2.05, 4.69) is 35.9 Å². The van der Waals surface area contributed by atoms with Gasteiger partial charge in [0.05, 0.1) is 6.20 Å². The van der Waals surface area contributed by atoms with Gasteiger partial charge in [0.15, 0.2) is 5.82 Å². The molecule has 0 spiro atoms. The number of likely N-dealkylation sites (tertiary alicyclic amines) is 1. The number of hydrogen-bond acceptors (Lipinski definition) is 6. The summed E-state index contributed by atoms with van der Waals surface area (Å²) in [7, 11) is 0. The van der Waals surface area contributed by atoms with Crippen LogP contribution in [-0.4, -0.2) is 66.9 Å². The van der Waals surface area contributed by atoms with E-state index >= 15 is 0 Å². The van der Waals surface area contributed by atoms with Crippen molar-refractivity contribution in [3.63, 3.8) is 0 Å². The van der Waals surface area contributed by atoms with Crippen molar-refractivity contribution in [2.24, 2.45) is 0 Å². The highest BCUT2D eigenvalue weighted by molar-refractivity contribution is 7.99. The first-order chi connectivity index (χ1) is 11.2. The van der Waals surface area contributed by atoms with Crippen molar-refractivity contribution in [2.75, 3.05) is 25.4 Å². The molecular formula is C13H20N8OS. The summed E-state index contributed by atoms with van der Waals surface area (Å²) in [6, 6.07) is -0.0253. The maximum Gasteiger partial charge on any atom is 0.317 e. The van der Waals surface area contributed by atoms with Crippen LogP contribution < -0.4 is 5.32 Å². The summed E-state index contributed by atoms with van der Waals surface area (Å²) in [5.41, 5.74) is 0. The van der Waals surface area contributed by atoms with Crippen LogP contribution >= 0.6 is 11.8 Å². The van der Waals surface area contributed by atoms with Crippen molar-refractivity contribution in [3.05, 3.63) is 17.8 Å². The molecule has 1 atom stereocenters. The zero-order valence-corrected chi connectivity index (χ0v) is 13.8. The van der Waals surface area contributed by atoms with Gasteiger partial charge in [0.2, 0.25) is 0 Å². The normalized spacial score (nSPS) is 18.1. The Morgan fingerprint density at radius 2 is 2.43 bits per heavy atom. The van der Waals surface area contributed by atoms with Crippen LogP contribution in [-0.2, 0) is 0 Å². The van der Waals surface area contributed by atoms with Crippen molar-refractivity contribution in [1.82, 2.24) is 40.8 Å². The third kappa shape index (κ3) is 4.21. The van der Waals surface area contributed by atoms with Gasteiger partial charge in [-0.25, -0.2) is 9.78 Å². The van der Waals surface area contributed by atoms with Crippen LogP contribution in [0.25, 0.3) is 0 Å². The molecule has 3 N–H and O–H groups in total. The maximum atomic E-state index is 12.3. The van der Waals surface area contributed by atoms with E-state index in [-0.39, 0.29) is 11.9 Å². The van der Waals surface area contributed by atoms with E-state index in [0.717, 1.165) is 41.8 Å². The van der Waals surface area contributed by atoms with E-state index < -0.39 is 0 Å². The first kappa shape index (κ1) is 15.8. The van der Waals surface area contributed by atoms with Gasteiger partial charge in [-0.1, -0.05) is 0 Å². The zero-order chi connectivity index (χ0) is 16.1. The van der Waals surface area contributed by atoms with Crippen LogP contribution in [0.4, 0.5) is 4.79 Å². The van der Waals surface area contributed by atoms with E-state index in [9.17, 15) is 4.79 Å². The van der Waals surface area contributed by atoms with E-state index in [4.69, 9.17) is 0 Å². The number of amides is 2. The number of hydrogen-bond donors (Lipinski definition) is 3. The topological polar surface area (TPSA) is 115 Å². The molecule has 3 rings (SSSR count). The van der Waals surface area contributed by atoms with E-state index in [0.29, 0.717) is 13.1 Å². The number of H-pyrrole nitrogens is 2. The summed E-state index contributed by atoms with van der Waals surface area (Å²) in [4.78, 5) is 18.5. The fourth-order valence-corrected chi connectivity index (χ4v) is 3.25. The highest BCUT2D eigenvalue weighted by atomic mass is 32.2. The lowest BCUT2D eigenvalue weighted by molar-refractivity contribution is 0.179. The van der Waals surface area contributed by atoms with Gasteiger partial charge in [-0.3, -0.25) is 5.10 Å². The number of rotatable bonds is 5. The molecule has 1 fully saturated rings. The minimum absolute atomic E-state index is 0.0253. The quantitative estimate of drug-likeness (QED) is 0.552. The van der Waals surface area contributed by atoms with Gasteiger partial charge >= 0.3 is 6.03 Å². The summed E-state index contributed by atoms with van der Waals surface area (Å²) < 4.78 is 0. The molecule has 1 unspecified atom stereocenters. The van der Waals surface area contributed by atoms with Crippen molar-refractivity contribution < 1.29 is 4.79 Å². The first-order valence-electron chi connectivity index (χ1n) is 7.62. The molecule has 1 saturated heterocycles. The maximum absolute atomic E-state index is 12.3. The number of aromatic nitrogens is 6. The molecule has 23 heavy (non-hydrogen) atoms. The number of aromatic amines is 2. The summed E-state index contributed by atoms with van der Waals surface area (Å²) in [6.07, 6.45) is 3.66. The van der Waals surface area contributed by atoms with Crippen LogP contribution in [0, 0.1) is 6.92 Å². The largest absolute Gasteiger partial charge is 0.337 e. The van der Waals surface area contributed by atoms with Gasteiger partial charge in [-0.05, 0) is 19.8 Å². The highest BCUT2D eigenvalue weighted by Crippen LogP contribution is 2.24. The van der Waals surface area contributed by atoms with Crippen LogP contribution in [0.1, 0.15) is 30.4 Å². The predicted octanol–water partition coefficient (Wildman–Crippen LogP) is 0.913. The van der Waals surface area contributed by atoms with Gasteiger partial charge in [0.1, 0.15) is 10.9 Å². The van der Waals surface area contributed by atoms with Gasteiger partial charge in [-0.2, -0.15) is 15.4 Å². The van der Waals surface area contributed by atoms with Gasteiger partial charge in [0, 0.05) is 31.3 Å². The Bertz CT molecular complexity index is 628. The molecule has 0 saturated carbocycles. The van der Waals surface area contributed by atoms with Gasteiger partial charge in [-0.15, -0.1) is 16.9 Å². The second-order valence-electron chi connectivity index (χ2n) is 5.45. The summed E-state index contributed by atoms with van der Waals surface area (Å²) in [5, 5.41) is 21.1. The molecule has 3 heterocycles. The number of nitrogens with zero attached hydrogens (tertiary/aromatic N) is 5. The van der Waals surface area contributed by atoms with Gasteiger partial charge in [0.25, 0.3) is 0 Å². The van der Waals surface area contributed by atoms with E-state index in [1.165, 1.54) is 0 Å². The molecule has 1 aliphatic heterocycles. The number of nitrogens with one attached hydrogen (secondary N) is 3. The lowest BCUT2D eigenvalue weighted by atomic mass is 9.98. The SMILES string of the molecule is Cc1nc(C2CCCN(C(=O)NCCSc3cn[nH]n3)C2)n[nH]1. The number of thioether (sulfide) groups is 1. The Morgan fingerprint density at radius 1 is 1.52 bits per heavy atom. The summed E-state index contributed by atoms with van der Waals surface area (Å²) in [5.74, 6) is 2.59. The molecule has 0 aromatic carbocycles. The molecule has 124 valence electrons. The number of urea groups is 1. The molecule has 0 aliphatic carbocycles. The molecule has 9 nitrogen and oxygen atoms in total. The standard InChI is InChI=1S/C13H20N8OS/c1-9-16-12(19-17-9)10-3-2-5-21(8-10)13(22)14-4-6-23-11-7-15-20-18-11/h7,10H,2-6,8H2,1H3,(H,14,22)(H,15,18,20)(H,16,17,19). The second-order valence-corrected chi connectivity index (χ2v) is 6.57. The molecule has 0 radical (unpaired) electrons. The Morgan fingerprint density at radius 3 is 3.17 bits per heavy atom. The molecule has 1 aliphatic rings. The highest BCUT2D eigenvalue weighted by Gasteiger charge is 2.26. The van der Waals surface area contributed by atoms with Crippen LogP contribution in [0.15, 0.2) is 11.2 Å². The number of piperidine rings is 1. The van der Waals surface area contributed by atoms with Crippen LogP contribution in [0.3, 0.4) is 0 Å². The Labute approximate surface area is 138 Å². The van der Waals surface area contributed by atoms with Crippen LogP contribution in [0.5, 0.6) is 0 Å². The fourth-order valence-electron chi connectivity index (χ4n) is 2.60. The number of aryl methyl sites for hydroxylation is 1. The van der Waals surface area contributed by atoms with E-state index in [1.54, 1.807) is 18.0 Å². The Hall–Kier alpha value is -2.10. The average Bonchev–Trinajstić information content (AvgIpc) is 3.23. The average molecular weight is 336 g/mol.